The number of rotatable bonds is 6. The molecular weight excluding hydrogens is 362 g/mol. The first-order valence-electron chi connectivity index (χ1n) is 10.2. The van der Waals surface area contributed by atoms with E-state index in [9.17, 15) is 13.2 Å². The van der Waals surface area contributed by atoms with Gasteiger partial charge in [0, 0.05) is 24.8 Å². The number of benzene rings is 1. The van der Waals surface area contributed by atoms with Gasteiger partial charge < -0.3 is 10.6 Å². The lowest BCUT2D eigenvalue weighted by Crippen LogP contribution is -2.36. The highest BCUT2D eigenvalue weighted by Gasteiger charge is 2.26. The Labute approximate surface area is 162 Å². The molecule has 0 atom stereocenters. The maximum absolute atomic E-state index is 12.5. The third-order valence-corrected chi connectivity index (χ3v) is 7.41. The molecule has 0 radical (unpaired) electrons. The van der Waals surface area contributed by atoms with Crippen LogP contribution in [0.1, 0.15) is 57.8 Å². The lowest BCUT2D eigenvalue weighted by atomic mass is 9.97. The van der Waals surface area contributed by atoms with Crippen LogP contribution in [0.15, 0.2) is 29.2 Å². The van der Waals surface area contributed by atoms with Gasteiger partial charge in [-0.15, -0.1) is 0 Å². The molecule has 1 amide bonds. The van der Waals surface area contributed by atoms with E-state index in [0.29, 0.717) is 31.4 Å². The van der Waals surface area contributed by atoms with Gasteiger partial charge >= 0.3 is 0 Å². The Morgan fingerprint density at radius 1 is 0.926 bits per heavy atom. The normalized spacial score (nSPS) is 20.1. The second-order valence-electron chi connectivity index (χ2n) is 7.61. The van der Waals surface area contributed by atoms with Crippen LogP contribution in [0, 0.1) is 0 Å². The predicted octanol–water partition coefficient (Wildman–Crippen LogP) is 3.11. The van der Waals surface area contributed by atoms with Gasteiger partial charge in [0.2, 0.25) is 15.9 Å². The molecule has 1 aliphatic heterocycles. The van der Waals surface area contributed by atoms with Crippen LogP contribution >= 0.6 is 0 Å². The molecule has 1 aliphatic carbocycles. The van der Waals surface area contributed by atoms with Crippen molar-refractivity contribution in [2.45, 2.75) is 68.7 Å². The number of hydrogen-bond acceptors (Lipinski definition) is 4. The van der Waals surface area contributed by atoms with Gasteiger partial charge in [-0.2, -0.15) is 4.31 Å². The summed E-state index contributed by atoms with van der Waals surface area (Å²) in [7, 11) is -3.41. The van der Waals surface area contributed by atoms with Crippen molar-refractivity contribution in [2.24, 2.45) is 0 Å². The lowest BCUT2D eigenvalue weighted by molar-refractivity contribution is -0.115. The van der Waals surface area contributed by atoms with Crippen molar-refractivity contribution in [3.05, 3.63) is 24.3 Å². The zero-order valence-corrected chi connectivity index (χ0v) is 16.8. The largest absolute Gasteiger partial charge is 0.325 e. The van der Waals surface area contributed by atoms with Crippen molar-refractivity contribution in [3.8, 4) is 0 Å². The van der Waals surface area contributed by atoms with Crippen molar-refractivity contribution < 1.29 is 13.2 Å². The molecule has 3 rings (SSSR count). The minimum atomic E-state index is -3.41. The Morgan fingerprint density at radius 2 is 1.52 bits per heavy atom. The van der Waals surface area contributed by atoms with Crippen LogP contribution in [0.2, 0.25) is 0 Å². The monoisotopic (exact) mass is 393 g/mol. The van der Waals surface area contributed by atoms with Gasteiger partial charge in [0.25, 0.3) is 0 Å². The fourth-order valence-electron chi connectivity index (χ4n) is 3.89. The molecule has 2 N–H and O–H groups in total. The van der Waals surface area contributed by atoms with Gasteiger partial charge in [0.1, 0.15) is 0 Å². The first-order chi connectivity index (χ1) is 13.1. The molecule has 0 unspecified atom stereocenters. The van der Waals surface area contributed by atoms with Gasteiger partial charge in [-0.1, -0.05) is 32.1 Å². The van der Waals surface area contributed by atoms with Gasteiger partial charge in [0.15, 0.2) is 0 Å². The molecule has 1 heterocycles. The Kier molecular flexibility index (Phi) is 7.26. The Hall–Kier alpha value is -1.44. The fourth-order valence-corrected chi connectivity index (χ4v) is 5.41. The van der Waals surface area contributed by atoms with Crippen LogP contribution in [0.3, 0.4) is 0 Å². The third-order valence-electron chi connectivity index (χ3n) is 5.50. The first kappa shape index (κ1) is 20.3. The highest BCUT2D eigenvalue weighted by Crippen LogP contribution is 2.22. The zero-order valence-electron chi connectivity index (χ0n) is 16.0. The highest BCUT2D eigenvalue weighted by molar-refractivity contribution is 7.89. The first-order valence-corrected chi connectivity index (χ1v) is 11.6. The van der Waals surface area contributed by atoms with E-state index in [-0.39, 0.29) is 10.8 Å². The van der Waals surface area contributed by atoms with Crippen molar-refractivity contribution in [2.75, 3.05) is 25.0 Å². The molecule has 0 spiro atoms. The molecule has 1 saturated carbocycles. The quantitative estimate of drug-likeness (QED) is 0.778. The van der Waals surface area contributed by atoms with Gasteiger partial charge in [-0.25, -0.2) is 8.42 Å². The minimum Gasteiger partial charge on any atom is -0.325 e. The number of carbonyl (C=O) groups is 1. The number of amides is 1. The molecule has 27 heavy (non-hydrogen) atoms. The van der Waals surface area contributed by atoms with Gasteiger partial charge in [-0.05, 0) is 49.9 Å². The maximum Gasteiger partial charge on any atom is 0.243 e. The van der Waals surface area contributed by atoms with Crippen molar-refractivity contribution in [1.82, 2.24) is 9.62 Å². The Balaban J connectivity index is 1.49. The molecule has 2 fully saturated rings. The average Bonchev–Trinajstić information content (AvgIpc) is 3.17. The van der Waals surface area contributed by atoms with E-state index >= 15 is 0 Å². The molecule has 1 aromatic rings. The Morgan fingerprint density at radius 3 is 2.15 bits per heavy atom. The maximum atomic E-state index is 12.5. The van der Waals surface area contributed by atoms with E-state index in [0.717, 1.165) is 25.7 Å². The van der Waals surface area contributed by atoms with Crippen LogP contribution in [0.5, 0.6) is 0 Å². The molecule has 0 aromatic heterocycles. The molecule has 2 aliphatic rings. The summed E-state index contributed by atoms with van der Waals surface area (Å²) in [6, 6.07) is 6.90. The van der Waals surface area contributed by atoms with E-state index in [1.165, 1.54) is 36.4 Å². The molecule has 7 heteroatoms. The van der Waals surface area contributed by atoms with E-state index in [1.54, 1.807) is 24.3 Å². The smallest absolute Gasteiger partial charge is 0.243 e. The summed E-state index contributed by atoms with van der Waals surface area (Å²) in [4.78, 5) is 12.5. The van der Waals surface area contributed by atoms with Gasteiger partial charge in [0.05, 0.1) is 11.4 Å². The highest BCUT2D eigenvalue weighted by atomic mass is 32.2. The summed E-state index contributed by atoms with van der Waals surface area (Å²) in [5.74, 6) is -0.0905. The molecule has 6 nitrogen and oxygen atoms in total. The number of hydrogen-bond donors (Lipinski definition) is 2. The van der Waals surface area contributed by atoms with E-state index in [1.807, 2.05) is 0 Å². The number of anilines is 1. The van der Waals surface area contributed by atoms with E-state index in [2.05, 4.69) is 10.6 Å². The second-order valence-corrected chi connectivity index (χ2v) is 9.54. The van der Waals surface area contributed by atoms with E-state index in [4.69, 9.17) is 0 Å². The Bertz CT molecular complexity index is 704. The van der Waals surface area contributed by atoms with Gasteiger partial charge in [-0.3, -0.25) is 4.79 Å². The summed E-state index contributed by atoms with van der Waals surface area (Å²) in [5, 5.41) is 6.22. The topological polar surface area (TPSA) is 78.5 Å². The fraction of sp³-hybridized carbons (Fsp3) is 0.650. The summed E-state index contributed by atoms with van der Waals surface area (Å²) >= 11 is 0. The molecular formula is C20H31N3O3S. The summed E-state index contributed by atoms with van der Waals surface area (Å²) in [6.07, 6.45) is 10.5. The number of carbonyl (C=O) groups excluding carboxylic acids is 1. The molecule has 0 bridgehead atoms. The summed E-state index contributed by atoms with van der Waals surface area (Å²) in [6.45, 7) is 1.47. The van der Waals surface area contributed by atoms with Crippen LogP contribution in [-0.2, 0) is 14.8 Å². The predicted molar refractivity (Wildman–Crippen MR) is 107 cm³/mol. The summed E-state index contributed by atoms with van der Waals surface area (Å²) in [5.41, 5.74) is 0.625. The van der Waals surface area contributed by atoms with Crippen molar-refractivity contribution >= 4 is 21.6 Å². The molecule has 1 aromatic carbocycles. The van der Waals surface area contributed by atoms with Crippen LogP contribution in [0.25, 0.3) is 0 Å². The SMILES string of the molecule is O=C(CNC1CCCCCCC1)Nc1ccc(S(=O)(=O)N2CCCC2)cc1. The number of nitrogens with zero attached hydrogens (tertiary/aromatic N) is 1. The van der Waals surface area contributed by atoms with Crippen molar-refractivity contribution in [1.29, 1.82) is 0 Å². The van der Waals surface area contributed by atoms with E-state index < -0.39 is 10.0 Å². The number of nitrogens with one attached hydrogen (secondary N) is 2. The summed E-state index contributed by atoms with van der Waals surface area (Å²) < 4.78 is 26.6. The van der Waals surface area contributed by atoms with Crippen LogP contribution in [0.4, 0.5) is 5.69 Å². The second kappa shape index (κ2) is 9.66. The van der Waals surface area contributed by atoms with Crippen LogP contribution < -0.4 is 10.6 Å². The van der Waals surface area contributed by atoms with Crippen molar-refractivity contribution in [3.63, 3.8) is 0 Å². The minimum absolute atomic E-state index is 0.0905. The molecule has 150 valence electrons. The average molecular weight is 394 g/mol. The third kappa shape index (κ3) is 5.77. The zero-order chi connectivity index (χ0) is 19.1. The number of sulfonamides is 1. The van der Waals surface area contributed by atoms with Crippen LogP contribution in [-0.4, -0.2) is 44.3 Å². The standard InChI is InChI=1S/C20H31N3O3S/c24-20(16-21-17-8-4-2-1-3-5-9-17)22-18-10-12-19(13-11-18)27(25,26)23-14-6-7-15-23/h10-13,17,21H,1-9,14-16H2,(H,22,24). The molecule has 1 saturated heterocycles. The lowest BCUT2D eigenvalue weighted by Gasteiger charge is -2.20.